The Hall–Kier alpha value is -3.94. The number of halogens is 1. The summed E-state index contributed by atoms with van der Waals surface area (Å²) in [7, 11) is 0. The van der Waals surface area contributed by atoms with Gasteiger partial charge in [0, 0.05) is 37.5 Å². The van der Waals surface area contributed by atoms with E-state index in [2.05, 4.69) is 20.2 Å². The van der Waals surface area contributed by atoms with Gasteiger partial charge in [0.2, 0.25) is 0 Å². The van der Waals surface area contributed by atoms with Crippen LogP contribution in [0.5, 0.6) is 0 Å². The molecular formula is C24H23FN6O. The van der Waals surface area contributed by atoms with Crippen molar-refractivity contribution >= 4 is 5.91 Å². The third-order valence-corrected chi connectivity index (χ3v) is 5.17. The third-order valence-electron chi connectivity index (χ3n) is 5.17. The predicted molar refractivity (Wildman–Crippen MR) is 119 cm³/mol. The molecule has 0 radical (unpaired) electrons. The third kappa shape index (κ3) is 4.69. The van der Waals surface area contributed by atoms with Crippen LogP contribution in [0.1, 0.15) is 28.7 Å². The maximum atomic E-state index is 13.3. The van der Waals surface area contributed by atoms with Crippen LogP contribution in [0.15, 0.2) is 67.3 Å². The number of amides is 1. The van der Waals surface area contributed by atoms with Gasteiger partial charge in [-0.15, -0.1) is 0 Å². The van der Waals surface area contributed by atoms with E-state index in [0.29, 0.717) is 36.6 Å². The van der Waals surface area contributed by atoms with Gasteiger partial charge in [-0.2, -0.15) is 15.0 Å². The SMILES string of the molecule is CCN(CCc1ncc(-c2ccc(F)cc2)cn1)C(=O)c1cc(C)ccc1-n1nccn1. The second kappa shape index (κ2) is 9.47. The highest BCUT2D eigenvalue weighted by molar-refractivity contribution is 5.98. The fourth-order valence-corrected chi connectivity index (χ4v) is 3.42. The van der Waals surface area contributed by atoms with E-state index in [9.17, 15) is 9.18 Å². The van der Waals surface area contributed by atoms with Crippen molar-refractivity contribution in [3.8, 4) is 16.8 Å². The number of hydrogen-bond donors (Lipinski definition) is 0. The molecule has 0 fully saturated rings. The van der Waals surface area contributed by atoms with Gasteiger partial charge in [0.15, 0.2) is 0 Å². The lowest BCUT2D eigenvalue weighted by atomic mass is 10.1. The summed E-state index contributed by atoms with van der Waals surface area (Å²) in [5.41, 5.74) is 3.84. The Morgan fingerprint density at radius 3 is 2.34 bits per heavy atom. The van der Waals surface area contributed by atoms with Crippen LogP contribution in [0.25, 0.3) is 16.8 Å². The van der Waals surface area contributed by atoms with Crippen LogP contribution in [0.2, 0.25) is 0 Å². The van der Waals surface area contributed by atoms with Crippen molar-refractivity contribution in [3.63, 3.8) is 0 Å². The number of carbonyl (C=O) groups excluding carboxylic acids is 1. The Kier molecular flexibility index (Phi) is 6.30. The van der Waals surface area contributed by atoms with E-state index in [1.165, 1.54) is 16.9 Å². The summed E-state index contributed by atoms with van der Waals surface area (Å²) < 4.78 is 13.1. The average Bonchev–Trinajstić information content (AvgIpc) is 3.35. The Morgan fingerprint density at radius 1 is 1.00 bits per heavy atom. The number of rotatable bonds is 7. The van der Waals surface area contributed by atoms with E-state index < -0.39 is 0 Å². The fraction of sp³-hybridized carbons (Fsp3) is 0.208. The largest absolute Gasteiger partial charge is 0.338 e. The Balaban J connectivity index is 1.48. The summed E-state index contributed by atoms with van der Waals surface area (Å²) in [4.78, 5) is 25.4. The summed E-state index contributed by atoms with van der Waals surface area (Å²) in [5, 5.41) is 8.34. The molecule has 0 saturated carbocycles. The first-order valence-electron chi connectivity index (χ1n) is 10.4. The Labute approximate surface area is 185 Å². The molecule has 8 heteroatoms. The van der Waals surface area contributed by atoms with Gasteiger partial charge in [0.1, 0.15) is 11.6 Å². The zero-order valence-corrected chi connectivity index (χ0v) is 17.9. The average molecular weight is 430 g/mol. The highest BCUT2D eigenvalue weighted by atomic mass is 19.1. The van der Waals surface area contributed by atoms with Crippen molar-refractivity contribution in [2.75, 3.05) is 13.1 Å². The topological polar surface area (TPSA) is 76.8 Å². The quantitative estimate of drug-likeness (QED) is 0.445. The van der Waals surface area contributed by atoms with Gasteiger partial charge in [0.05, 0.1) is 23.6 Å². The summed E-state index contributed by atoms with van der Waals surface area (Å²) in [6.07, 6.45) is 7.12. The molecule has 0 aliphatic rings. The maximum Gasteiger partial charge on any atom is 0.256 e. The smallest absolute Gasteiger partial charge is 0.256 e. The molecule has 4 rings (SSSR count). The van der Waals surface area contributed by atoms with Crippen LogP contribution in [0.3, 0.4) is 0 Å². The lowest BCUT2D eigenvalue weighted by Gasteiger charge is -2.22. The van der Waals surface area contributed by atoms with Gasteiger partial charge in [-0.1, -0.05) is 23.8 Å². The molecule has 2 aromatic heterocycles. The first-order valence-corrected chi connectivity index (χ1v) is 10.4. The van der Waals surface area contributed by atoms with E-state index in [1.807, 2.05) is 32.0 Å². The zero-order valence-electron chi connectivity index (χ0n) is 17.9. The number of likely N-dealkylation sites (N-methyl/N-ethyl adjacent to an activating group) is 1. The molecule has 0 atom stereocenters. The number of benzene rings is 2. The number of aryl methyl sites for hydroxylation is 1. The fourth-order valence-electron chi connectivity index (χ4n) is 3.42. The van der Waals surface area contributed by atoms with E-state index >= 15 is 0 Å². The maximum absolute atomic E-state index is 13.3. The van der Waals surface area contributed by atoms with E-state index in [4.69, 9.17) is 0 Å². The van der Waals surface area contributed by atoms with Crippen molar-refractivity contribution in [2.24, 2.45) is 0 Å². The van der Waals surface area contributed by atoms with Crippen LogP contribution < -0.4 is 0 Å². The van der Waals surface area contributed by atoms with Crippen LogP contribution in [0, 0.1) is 12.7 Å². The van der Waals surface area contributed by atoms with Gasteiger partial charge in [-0.05, 0) is 43.7 Å². The minimum absolute atomic E-state index is 0.0913. The molecule has 0 aliphatic carbocycles. The minimum atomic E-state index is -0.282. The molecule has 0 N–H and O–H groups in total. The molecule has 162 valence electrons. The molecule has 0 spiro atoms. The second-order valence-electron chi connectivity index (χ2n) is 7.37. The van der Waals surface area contributed by atoms with E-state index in [-0.39, 0.29) is 11.7 Å². The molecule has 0 saturated heterocycles. The van der Waals surface area contributed by atoms with Gasteiger partial charge >= 0.3 is 0 Å². The van der Waals surface area contributed by atoms with E-state index in [1.54, 1.807) is 41.8 Å². The molecule has 32 heavy (non-hydrogen) atoms. The number of hydrogen-bond acceptors (Lipinski definition) is 5. The van der Waals surface area contributed by atoms with Gasteiger partial charge in [-0.3, -0.25) is 4.79 Å². The summed E-state index contributed by atoms with van der Waals surface area (Å²) in [6.45, 7) is 4.92. The van der Waals surface area contributed by atoms with Crippen LogP contribution >= 0.6 is 0 Å². The van der Waals surface area contributed by atoms with Crippen molar-refractivity contribution in [1.82, 2.24) is 29.9 Å². The number of aromatic nitrogens is 5. The molecule has 0 aliphatic heterocycles. The van der Waals surface area contributed by atoms with Crippen LogP contribution in [-0.4, -0.2) is 48.9 Å². The van der Waals surface area contributed by atoms with Gasteiger partial charge in [0.25, 0.3) is 5.91 Å². The molecule has 4 aromatic rings. The number of nitrogens with zero attached hydrogens (tertiary/aromatic N) is 6. The van der Waals surface area contributed by atoms with Gasteiger partial charge < -0.3 is 4.90 Å². The molecular weight excluding hydrogens is 407 g/mol. The summed E-state index contributed by atoms with van der Waals surface area (Å²) >= 11 is 0. The standard InChI is InChI=1S/C24H23FN6O/c1-3-30(24(32)21-14-17(2)4-9-22(21)31-28-11-12-29-31)13-10-23-26-15-19(16-27-23)18-5-7-20(25)8-6-18/h4-9,11-12,14-16H,3,10,13H2,1-2H3. The second-order valence-corrected chi connectivity index (χ2v) is 7.37. The monoisotopic (exact) mass is 430 g/mol. The summed E-state index contributed by atoms with van der Waals surface area (Å²) in [6, 6.07) is 11.9. The normalized spacial score (nSPS) is 10.8. The van der Waals surface area contributed by atoms with Crippen molar-refractivity contribution in [3.05, 3.63) is 90.0 Å². The van der Waals surface area contributed by atoms with Crippen LogP contribution in [0.4, 0.5) is 4.39 Å². The molecule has 1 amide bonds. The first-order chi connectivity index (χ1) is 15.5. The minimum Gasteiger partial charge on any atom is -0.338 e. The highest BCUT2D eigenvalue weighted by Gasteiger charge is 2.20. The molecule has 2 aromatic carbocycles. The van der Waals surface area contributed by atoms with Gasteiger partial charge in [-0.25, -0.2) is 14.4 Å². The Bertz CT molecular complexity index is 1190. The Morgan fingerprint density at radius 2 is 1.69 bits per heavy atom. The summed E-state index contributed by atoms with van der Waals surface area (Å²) in [5.74, 6) is 0.266. The van der Waals surface area contributed by atoms with Crippen molar-refractivity contribution < 1.29 is 9.18 Å². The molecule has 7 nitrogen and oxygen atoms in total. The molecule has 0 unspecified atom stereocenters. The van der Waals surface area contributed by atoms with E-state index in [0.717, 1.165) is 16.7 Å². The predicted octanol–water partition coefficient (Wildman–Crippen LogP) is 3.88. The number of carbonyl (C=O) groups is 1. The molecule has 2 heterocycles. The van der Waals surface area contributed by atoms with Crippen molar-refractivity contribution in [2.45, 2.75) is 20.3 Å². The van der Waals surface area contributed by atoms with Crippen LogP contribution in [-0.2, 0) is 6.42 Å². The first kappa shape index (κ1) is 21.3. The zero-order chi connectivity index (χ0) is 22.5. The van der Waals surface area contributed by atoms with Crippen molar-refractivity contribution in [1.29, 1.82) is 0 Å². The highest BCUT2D eigenvalue weighted by Crippen LogP contribution is 2.19. The lowest BCUT2D eigenvalue weighted by molar-refractivity contribution is 0.0765. The lowest BCUT2D eigenvalue weighted by Crippen LogP contribution is -2.34. The molecule has 0 bridgehead atoms.